The number of hydroxylamine groups is 1. The summed E-state index contributed by atoms with van der Waals surface area (Å²) in [5.74, 6) is -7.84. The second kappa shape index (κ2) is 34.1. The number of phenols is 2. The van der Waals surface area contributed by atoms with Gasteiger partial charge in [0.05, 0.1) is 68.0 Å². The number of likely N-dealkylation sites (N-methyl/N-ethyl adjacent to an activating group) is 1. The normalized spacial score (nSPS) is 32.8. The number of anilines is 1. The molecule has 6 fully saturated rings. The molecule has 3 aliphatic carbocycles. The number of urea groups is 1. The molecule has 1 aromatic heterocycles. The van der Waals surface area contributed by atoms with Crippen LogP contribution in [-0.4, -0.2) is 289 Å². The molecule has 5 saturated heterocycles. The third kappa shape index (κ3) is 15.4. The number of aliphatic hydroxyl groups is 6. The van der Waals surface area contributed by atoms with Gasteiger partial charge in [0.1, 0.15) is 46.7 Å². The second-order valence-corrected chi connectivity index (χ2v) is 33.3. The van der Waals surface area contributed by atoms with E-state index in [-0.39, 0.29) is 46.4 Å². The molecule has 20 atom stereocenters. The number of nitrogens with zero attached hydrogens (tertiary/aromatic N) is 3. The van der Waals surface area contributed by atoms with Crippen LogP contribution in [-0.2, 0) is 101 Å². The summed E-state index contributed by atoms with van der Waals surface area (Å²) in [5, 5.41) is 99.1. The van der Waals surface area contributed by atoms with Gasteiger partial charge in [-0.15, -0.1) is 0 Å². The molecule has 16 rings (SSSR count). The minimum absolute atomic E-state index is 0.0173. The Hall–Kier alpha value is -10.3. The summed E-state index contributed by atoms with van der Waals surface area (Å²) >= 11 is 0. The average molecular weight is 1730 g/mol. The summed E-state index contributed by atoms with van der Waals surface area (Å²) < 4.78 is 79.9. The molecule has 5 aromatic rings. The molecule has 8 aliphatic heterocycles. The van der Waals surface area contributed by atoms with Crippen molar-refractivity contribution in [3.05, 3.63) is 123 Å². The molecular formula is C81H100N8O32S. The van der Waals surface area contributed by atoms with E-state index in [9.17, 15) is 84.0 Å². The molecule has 4 aromatic carbocycles. The molecule has 2 bridgehead atoms. The van der Waals surface area contributed by atoms with Gasteiger partial charge in [-0.25, -0.2) is 19.9 Å². The lowest BCUT2D eigenvalue weighted by atomic mass is 9.47. The first kappa shape index (κ1) is 90.9. The summed E-state index contributed by atoms with van der Waals surface area (Å²) in [7, 11) is 1.55. The van der Waals surface area contributed by atoms with Crippen LogP contribution in [0.25, 0.3) is 10.9 Å². The number of aromatic amines is 1. The fourth-order valence-corrected chi connectivity index (χ4v) is 20.7. The van der Waals surface area contributed by atoms with Crippen molar-refractivity contribution in [2.45, 2.75) is 193 Å². The number of Topliss-reactive ketones (excluding diaryl/α,β-unsaturated/α-hetero) is 1. The van der Waals surface area contributed by atoms with Gasteiger partial charge >= 0.3 is 46.3 Å². The Bertz CT molecular complexity index is 5140. The Kier molecular flexibility index (Phi) is 25.4. The molecule has 11 aliphatic rings. The Labute approximate surface area is 697 Å². The van der Waals surface area contributed by atoms with E-state index in [1.807, 2.05) is 62.2 Å². The van der Waals surface area contributed by atoms with Crippen molar-refractivity contribution in [3.63, 3.8) is 0 Å². The van der Waals surface area contributed by atoms with E-state index in [0.29, 0.717) is 69.5 Å². The topological polar surface area (TPSA) is 626 Å². The number of nitrogens with one attached hydrogen (secondary N) is 2. The smallest absolute Gasteiger partial charge is 0.394 e. The number of piperidine rings is 1. The number of H-pyrrole nitrogens is 1. The molecule has 19 N–H and O–H groups in total. The van der Waals surface area contributed by atoms with Gasteiger partial charge in [-0.05, 0) is 87.2 Å². The number of benzene rings is 4. The number of hydrogen-bond donors (Lipinski definition) is 16. The SMILES string of the molecule is CC(=O)O[C@@H]1C(=O)O[C@@H]2[C@H]1OC(=O)[C@@H]2OC(C)=O.CC[C@]1(O)C[C@H]2CN(CCc3c([nH]c4ccccc34)[C@@](C(=O)OC)(c3cc4c(cc3OC)N(C)[C@H]3[C@@](O)(C(N)=O)[C@H](O)[C@]5(CC)C=CCN6CC[C@]43[C@@H]65)C2)C1.COc1cccc2c1C(=O)c1c(O)c3c(c(O)c1C2=O)C[C@@](O)(C(=O)CO)C[C@@H]3O[C@H]1C[C@H](N)[C@H](O)[C@H](C)O1.NC(=O)NO.O=S(=O)(O)O. The van der Waals surface area contributed by atoms with Crippen molar-refractivity contribution in [2.75, 3.05) is 72.6 Å². The minimum atomic E-state index is -4.67. The number of phenolic OH excluding ortho intramolecular Hbond substituents is 2. The molecule has 41 heteroatoms. The number of esters is 5. The van der Waals surface area contributed by atoms with Crippen molar-refractivity contribution in [3.8, 4) is 23.0 Å². The lowest BCUT2D eigenvalue weighted by Crippen LogP contribution is -2.81. The van der Waals surface area contributed by atoms with E-state index in [2.05, 4.69) is 32.7 Å². The molecule has 0 radical (unpaired) electrons. The third-order valence-electron chi connectivity index (χ3n) is 25.6. The largest absolute Gasteiger partial charge is 0.507 e. The van der Waals surface area contributed by atoms with Crippen molar-refractivity contribution in [1.29, 1.82) is 0 Å². The molecule has 1 saturated carbocycles. The first-order valence-electron chi connectivity index (χ1n) is 39.2. The van der Waals surface area contributed by atoms with Gasteiger partial charge in [-0.3, -0.25) is 57.7 Å². The highest BCUT2D eigenvalue weighted by Crippen LogP contribution is 2.68. The summed E-state index contributed by atoms with van der Waals surface area (Å²) in [6.45, 7) is 10.2. The number of primary amides is 2. The molecule has 3 amide bonds. The highest BCUT2D eigenvalue weighted by Gasteiger charge is 2.79. The van der Waals surface area contributed by atoms with Crippen LogP contribution >= 0.6 is 0 Å². The van der Waals surface area contributed by atoms with E-state index >= 15 is 4.79 Å². The number of amides is 3. The Morgan fingerprint density at radius 2 is 1.40 bits per heavy atom. The second-order valence-electron chi connectivity index (χ2n) is 32.4. The maximum Gasteiger partial charge on any atom is 0.394 e. The van der Waals surface area contributed by atoms with Crippen LogP contribution in [0.2, 0.25) is 0 Å². The van der Waals surface area contributed by atoms with Crippen LogP contribution in [0.3, 0.4) is 0 Å². The Balaban J connectivity index is 0.000000175. The Morgan fingerprint density at radius 1 is 0.779 bits per heavy atom. The fraction of sp³-hybridized carbons (Fsp3) is 0.531. The predicted octanol–water partition coefficient (Wildman–Crippen LogP) is -0.175. The number of carbonyl (C=O) groups is 10. The maximum atomic E-state index is 15.2. The van der Waals surface area contributed by atoms with Crippen molar-refractivity contribution in [2.24, 2.45) is 28.5 Å². The van der Waals surface area contributed by atoms with Gasteiger partial charge in [0, 0.05) is 140 Å². The van der Waals surface area contributed by atoms with Crippen LogP contribution in [0.4, 0.5) is 10.5 Å². The van der Waals surface area contributed by atoms with E-state index in [1.165, 1.54) is 37.9 Å². The van der Waals surface area contributed by atoms with Crippen molar-refractivity contribution < 1.29 is 154 Å². The van der Waals surface area contributed by atoms with Crippen LogP contribution in [0.5, 0.6) is 23.0 Å². The highest BCUT2D eigenvalue weighted by molar-refractivity contribution is 7.79. The minimum Gasteiger partial charge on any atom is -0.507 e. The zero-order valence-electron chi connectivity index (χ0n) is 67.9. The fourth-order valence-electron chi connectivity index (χ4n) is 20.7. The molecule has 1 spiro atoms. The number of ether oxygens (including phenoxy) is 9. The van der Waals surface area contributed by atoms with E-state index < -0.39 is 212 Å². The zero-order chi connectivity index (χ0) is 89.5. The van der Waals surface area contributed by atoms with Crippen molar-refractivity contribution in [1.82, 2.24) is 20.3 Å². The molecule has 662 valence electrons. The standard InChI is InChI=1S/C43H55N5O7.C27H29NO11.C10H10O8.CH4N2O2.H2O4S/c1-6-39(52)21-25-22-42(38(51)55-5,33-27(13-17-47(23-25)24-39)26-11-8-9-12-30(26)45-33)29-19-28-31(20-32(29)54-4)46(3)35-41(28)15-18-48-16-10-14-40(7-2,34(41)48)36(49)43(35,53)37(44)50;1-10-22(31)13(28)6-17(38-10)39-15-8-27(36,16(30)9-29)7-12-19(15)26(35)21-20(24(12)33)23(32)11-4-3-5-14(37-2)18(11)25(21)34;1-3(11)15-7-5-6(18-9(7)13)8(10(14)17-5)16-4(2)12;2-1(4)3-5;1-5(2,3)4/h8-12,14,19-20,25,34-36,45,49,52-53H,6-7,13,15-18,21-24H2,1-5H3,(H2,44,50);3-5,10,13,15,17,22,29,31,33,35-36H,6-9,28H2,1-2H3;5-8H,1-2H3;5H,(H3,2,3,4);(H2,1,2,3,4)/t25-,34+,35-,36-,39+,40-,41-,42+,43+;10-,13-,15-,17-,22+,27-;5-,6-,7-,8+;;/m101../s1. The molecular weight excluding hydrogens is 1630 g/mol. The van der Waals surface area contributed by atoms with Crippen molar-refractivity contribution >= 4 is 86.1 Å². The summed E-state index contributed by atoms with van der Waals surface area (Å²) in [6, 6.07) is 13.7. The average Bonchev–Trinajstić information content (AvgIpc) is 1.47. The summed E-state index contributed by atoms with van der Waals surface area (Å²) in [4.78, 5) is 133. The lowest BCUT2D eigenvalue weighted by Gasteiger charge is -2.63. The van der Waals surface area contributed by atoms with Gasteiger partial charge in [0.15, 0.2) is 35.7 Å². The first-order chi connectivity index (χ1) is 57.4. The van der Waals surface area contributed by atoms with E-state index in [1.54, 1.807) is 14.0 Å². The van der Waals surface area contributed by atoms with Crippen LogP contribution in [0.1, 0.15) is 151 Å². The van der Waals surface area contributed by atoms with Crippen LogP contribution < -0.4 is 37.1 Å². The van der Waals surface area contributed by atoms with E-state index in [0.717, 1.165) is 60.3 Å². The highest BCUT2D eigenvalue weighted by atomic mass is 32.3. The number of aromatic nitrogens is 1. The summed E-state index contributed by atoms with van der Waals surface area (Å²) in [5.41, 5.74) is 12.6. The van der Waals surface area contributed by atoms with Gasteiger partial charge in [-0.1, -0.05) is 56.3 Å². The first-order valence-corrected chi connectivity index (χ1v) is 40.6. The van der Waals surface area contributed by atoms with E-state index in [4.69, 9.17) is 76.8 Å². The maximum absolute atomic E-state index is 15.2. The number of fused-ring (bicyclic) bond motifs is 10. The zero-order valence-corrected chi connectivity index (χ0v) is 68.8. The molecule has 40 nitrogen and oxygen atoms in total. The monoisotopic (exact) mass is 1730 g/mol. The number of methoxy groups -OCH3 is 3. The number of aliphatic hydroxyl groups excluding tert-OH is 3. The van der Waals surface area contributed by atoms with Gasteiger partial charge in [0.25, 0.3) is 5.91 Å². The molecule has 9 heterocycles. The number of hydrogen-bond acceptors (Lipinski definition) is 34. The number of ketones is 3. The Morgan fingerprint density at radius 3 is 1.97 bits per heavy atom. The third-order valence-corrected chi connectivity index (χ3v) is 25.6. The summed E-state index contributed by atoms with van der Waals surface area (Å²) in [6.07, 6.45) is -4.10. The van der Waals surface area contributed by atoms with Gasteiger partial charge in [0.2, 0.25) is 18.0 Å². The molecule has 122 heavy (non-hydrogen) atoms. The number of rotatable bonds is 13. The number of carbonyl (C=O) groups excluding carboxylic acids is 10. The number of nitrogens with two attached hydrogens (primary N) is 3. The predicted molar refractivity (Wildman–Crippen MR) is 419 cm³/mol. The van der Waals surface area contributed by atoms with Gasteiger partial charge in [-0.2, -0.15) is 8.42 Å². The number of aromatic hydroxyl groups is 2. The quantitative estimate of drug-likeness (QED) is 0.0136. The number of para-hydroxylation sites is 1. The lowest BCUT2D eigenvalue weighted by molar-refractivity contribution is -0.247. The molecule has 1 unspecified atom stereocenters. The van der Waals surface area contributed by atoms with Crippen LogP contribution in [0.15, 0.2) is 66.7 Å². The van der Waals surface area contributed by atoms with Gasteiger partial charge < -0.3 is 111 Å². The van der Waals surface area contributed by atoms with Crippen LogP contribution in [0, 0.1) is 11.3 Å².